The zero-order valence-electron chi connectivity index (χ0n) is 39.1. The van der Waals surface area contributed by atoms with Gasteiger partial charge in [-0.05, 0) is 61.6 Å². The predicted molar refractivity (Wildman–Crippen MR) is 257 cm³/mol. The van der Waals surface area contributed by atoms with E-state index in [9.17, 15) is 14.4 Å². The van der Waals surface area contributed by atoms with Crippen molar-refractivity contribution in [3.8, 4) is 0 Å². The van der Waals surface area contributed by atoms with Crippen molar-refractivity contribution < 1.29 is 19.5 Å². The summed E-state index contributed by atoms with van der Waals surface area (Å²) in [5.41, 5.74) is 9.93. The average Bonchev–Trinajstić information content (AvgIpc) is 3.38. The van der Waals surface area contributed by atoms with Gasteiger partial charge in [-0.25, -0.2) is 34.7 Å². The molecule has 13 heteroatoms. The molecular weight excluding hydrogens is 839 g/mol. The lowest BCUT2D eigenvalue weighted by molar-refractivity contribution is 0.0686. The van der Waals surface area contributed by atoms with E-state index >= 15 is 0 Å². The van der Waals surface area contributed by atoms with Crippen LogP contribution in [0.5, 0.6) is 0 Å². The molecule has 0 radical (unpaired) electrons. The monoisotopic (exact) mass is 906 g/mol. The first kappa shape index (κ1) is 47.8. The summed E-state index contributed by atoms with van der Waals surface area (Å²) in [6, 6.07) is 20.8. The van der Waals surface area contributed by atoms with Crippen LogP contribution in [-0.2, 0) is 52.0 Å². The summed E-state index contributed by atoms with van der Waals surface area (Å²) >= 11 is 0. The molecule has 13 nitrogen and oxygen atoms in total. The van der Waals surface area contributed by atoms with Crippen molar-refractivity contribution >= 4 is 17.5 Å². The fourth-order valence-corrected chi connectivity index (χ4v) is 10.6. The number of carboxylic acids is 1. The van der Waals surface area contributed by atoms with E-state index in [1.807, 2.05) is 24.3 Å². The minimum Gasteiger partial charge on any atom is -0.477 e. The van der Waals surface area contributed by atoms with Gasteiger partial charge < -0.3 is 10.4 Å². The number of carbonyl (C=O) groups excluding carboxylic acids is 2. The van der Waals surface area contributed by atoms with E-state index in [4.69, 9.17) is 5.11 Å². The van der Waals surface area contributed by atoms with Crippen LogP contribution in [0.1, 0.15) is 166 Å². The van der Waals surface area contributed by atoms with Gasteiger partial charge in [0.15, 0.2) is 17.3 Å². The number of carboxylic acid groups (broad SMARTS) is 1. The lowest BCUT2D eigenvalue weighted by Crippen LogP contribution is -2.32. The van der Waals surface area contributed by atoms with Gasteiger partial charge in [0.05, 0.1) is 17.1 Å². The fourth-order valence-electron chi connectivity index (χ4n) is 10.6. The zero-order chi connectivity index (χ0) is 46.2. The average molecular weight is 906 g/mol. The summed E-state index contributed by atoms with van der Waals surface area (Å²) in [4.78, 5) is 66.6. The van der Waals surface area contributed by atoms with E-state index in [0.29, 0.717) is 37.2 Å². The number of aromatic carboxylic acids is 1. The van der Waals surface area contributed by atoms with Crippen LogP contribution in [0.4, 0.5) is 0 Å². The standard InChI is InChI=1S/C23H29N3O.C16H23N3O.C15H15N3O2/c27-22(12-11-18-7-3-1-4-8-18)23-20-13-14-26(16-21(20)24-17-25-23)15-19-9-5-2-6-10-19;20-15(7-6-12-4-2-1-3-5-12)16-13-8-9-17-10-14(13)18-11-19-16;19-15(20)14-12-6-7-18(9-13(12)16-10-17-14)8-11-4-2-1-3-5-11/h2,5-6,9-10,17-18H,1,3-4,7-8,11-16H2;11-12,17H,1-10H2;1-5,10H,6-9H2,(H,19,20). The van der Waals surface area contributed by atoms with E-state index in [1.165, 1.54) is 81.7 Å². The molecule has 5 aliphatic rings. The second-order valence-corrected chi connectivity index (χ2v) is 19.0. The number of aromatic nitrogens is 6. The third-order valence-corrected chi connectivity index (χ3v) is 14.3. The van der Waals surface area contributed by atoms with Gasteiger partial charge in [0.25, 0.3) is 0 Å². The van der Waals surface area contributed by atoms with Crippen molar-refractivity contribution in [2.24, 2.45) is 11.8 Å². The highest BCUT2D eigenvalue weighted by atomic mass is 16.4. The van der Waals surface area contributed by atoms with E-state index in [-0.39, 0.29) is 17.3 Å². The first-order chi connectivity index (χ1) is 32.9. The Morgan fingerprint density at radius 2 is 0.970 bits per heavy atom. The summed E-state index contributed by atoms with van der Waals surface area (Å²) in [5.74, 6) is 0.959. The highest BCUT2D eigenvalue weighted by molar-refractivity contribution is 5.96. The van der Waals surface area contributed by atoms with E-state index < -0.39 is 5.97 Å². The van der Waals surface area contributed by atoms with Crippen LogP contribution in [0.3, 0.4) is 0 Å². The number of carbonyl (C=O) groups is 3. The van der Waals surface area contributed by atoms with Crippen molar-refractivity contribution in [1.82, 2.24) is 45.0 Å². The van der Waals surface area contributed by atoms with Gasteiger partial charge in [-0.15, -0.1) is 0 Å². The molecule has 3 aliphatic heterocycles. The van der Waals surface area contributed by atoms with E-state index in [2.05, 4.69) is 81.4 Å². The second-order valence-electron chi connectivity index (χ2n) is 19.0. The Balaban J connectivity index is 0.000000139. The number of fused-ring (bicyclic) bond motifs is 3. The molecule has 2 N–H and O–H groups in total. The molecule has 352 valence electrons. The molecule has 5 aromatic rings. The quantitative estimate of drug-likeness (QED) is 0.108. The van der Waals surface area contributed by atoms with E-state index in [1.54, 1.807) is 12.7 Å². The fraction of sp³-hybridized carbons (Fsp3) is 0.500. The molecule has 0 atom stereocenters. The maximum atomic E-state index is 12.8. The molecule has 0 saturated heterocycles. The van der Waals surface area contributed by atoms with Gasteiger partial charge in [0.2, 0.25) is 0 Å². The number of benzene rings is 2. The van der Waals surface area contributed by atoms with Gasteiger partial charge in [-0.3, -0.25) is 19.4 Å². The molecule has 10 rings (SSSR count). The number of hydrogen-bond acceptors (Lipinski definition) is 12. The van der Waals surface area contributed by atoms with Crippen LogP contribution in [0.2, 0.25) is 0 Å². The van der Waals surface area contributed by atoms with Crippen molar-refractivity contribution in [1.29, 1.82) is 0 Å². The Morgan fingerprint density at radius 3 is 1.45 bits per heavy atom. The minimum absolute atomic E-state index is 0.148. The molecule has 6 heterocycles. The molecule has 0 unspecified atom stereocenters. The molecule has 3 aromatic heterocycles. The lowest BCUT2D eigenvalue weighted by atomic mass is 9.85. The molecule has 0 spiro atoms. The summed E-state index contributed by atoms with van der Waals surface area (Å²) < 4.78 is 0. The Morgan fingerprint density at radius 1 is 0.537 bits per heavy atom. The summed E-state index contributed by atoms with van der Waals surface area (Å²) in [5, 5.41) is 12.4. The number of hydrogen-bond donors (Lipinski definition) is 2. The van der Waals surface area contributed by atoms with Crippen molar-refractivity contribution in [2.45, 2.75) is 142 Å². The number of ketones is 2. The third kappa shape index (κ3) is 13.5. The highest BCUT2D eigenvalue weighted by Gasteiger charge is 2.26. The number of nitrogens with zero attached hydrogens (tertiary/aromatic N) is 8. The van der Waals surface area contributed by atoms with Crippen LogP contribution in [0, 0.1) is 11.8 Å². The maximum absolute atomic E-state index is 12.8. The Hall–Kier alpha value is -5.63. The molecule has 2 aliphatic carbocycles. The molecule has 0 amide bonds. The van der Waals surface area contributed by atoms with Crippen LogP contribution >= 0.6 is 0 Å². The number of Topliss-reactive ketones (excluding diaryl/α,β-unsaturated/α-hetero) is 2. The van der Waals surface area contributed by atoms with Crippen LogP contribution < -0.4 is 5.32 Å². The Kier molecular flexibility index (Phi) is 17.4. The van der Waals surface area contributed by atoms with Gasteiger partial charge in [-0.2, -0.15) is 0 Å². The summed E-state index contributed by atoms with van der Waals surface area (Å²) in [6.07, 6.45) is 23.5. The van der Waals surface area contributed by atoms with Gasteiger partial charge >= 0.3 is 5.97 Å². The first-order valence-corrected chi connectivity index (χ1v) is 24.9. The molecule has 2 aromatic carbocycles. The number of rotatable bonds is 13. The first-order valence-electron chi connectivity index (χ1n) is 24.9. The Labute approximate surface area is 395 Å². The molecule has 67 heavy (non-hydrogen) atoms. The minimum atomic E-state index is -0.972. The van der Waals surface area contributed by atoms with Crippen LogP contribution in [0.25, 0.3) is 0 Å². The van der Waals surface area contributed by atoms with Crippen molar-refractivity contribution in [2.75, 3.05) is 19.6 Å². The topological polar surface area (TPSA) is 167 Å². The molecule has 2 saturated carbocycles. The smallest absolute Gasteiger partial charge is 0.354 e. The predicted octanol–water partition coefficient (Wildman–Crippen LogP) is 8.98. The number of nitrogens with one attached hydrogen (secondary N) is 1. The Bertz CT molecular complexity index is 2400. The molecule has 0 bridgehead atoms. The normalized spacial score (nSPS) is 17.6. The molecular formula is C54H67N9O4. The van der Waals surface area contributed by atoms with Crippen LogP contribution in [-0.4, -0.2) is 82.0 Å². The van der Waals surface area contributed by atoms with Gasteiger partial charge in [0, 0.05) is 75.3 Å². The second kappa shape index (κ2) is 24.4. The summed E-state index contributed by atoms with van der Waals surface area (Å²) in [7, 11) is 0. The van der Waals surface area contributed by atoms with Crippen molar-refractivity contribution in [3.05, 3.63) is 142 Å². The van der Waals surface area contributed by atoms with E-state index in [0.717, 1.165) is 117 Å². The SMILES string of the molecule is O=C(CCC1CCCCC1)c1ncnc2c1CCN(Cc1ccccc1)C2.O=C(CCC1CCCCC1)c1ncnc2c1CCNC2.O=C(O)c1ncnc2c1CCN(Cc1ccccc1)C2. The van der Waals surface area contributed by atoms with Crippen LogP contribution in [0.15, 0.2) is 79.6 Å². The van der Waals surface area contributed by atoms with Crippen molar-refractivity contribution in [3.63, 3.8) is 0 Å². The van der Waals surface area contributed by atoms with Gasteiger partial charge in [-0.1, -0.05) is 125 Å². The zero-order valence-corrected chi connectivity index (χ0v) is 39.1. The molecule has 2 fully saturated rings. The van der Waals surface area contributed by atoms with Gasteiger partial charge in [0.1, 0.15) is 30.4 Å². The summed E-state index contributed by atoms with van der Waals surface area (Å²) in [6.45, 7) is 6.72. The maximum Gasteiger partial charge on any atom is 0.354 e. The largest absolute Gasteiger partial charge is 0.477 e. The lowest BCUT2D eigenvalue weighted by Gasteiger charge is -2.28. The third-order valence-electron chi connectivity index (χ3n) is 14.3. The highest BCUT2D eigenvalue weighted by Crippen LogP contribution is 2.30.